The first-order valence-electron chi connectivity index (χ1n) is 7.87. The third-order valence-electron chi connectivity index (χ3n) is 4.58. The van der Waals surface area contributed by atoms with Gasteiger partial charge in [-0.15, -0.1) is 0 Å². The van der Waals surface area contributed by atoms with Gasteiger partial charge < -0.3 is 16.6 Å². The Labute approximate surface area is 148 Å². The molecule has 0 bridgehead atoms. The van der Waals surface area contributed by atoms with Crippen LogP contribution in [0.5, 0.6) is 0 Å². The van der Waals surface area contributed by atoms with Crippen molar-refractivity contribution in [1.29, 1.82) is 0 Å². The van der Waals surface area contributed by atoms with E-state index in [-0.39, 0.29) is 17.5 Å². The molecule has 0 saturated heterocycles. The lowest BCUT2D eigenvalue weighted by Gasteiger charge is -2.46. The molecule has 0 unspecified atom stereocenters. The van der Waals surface area contributed by atoms with E-state index in [9.17, 15) is 9.90 Å². The minimum atomic E-state index is -0.972. The van der Waals surface area contributed by atoms with Crippen molar-refractivity contribution in [1.82, 2.24) is 0 Å². The van der Waals surface area contributed by atoms with E-state index in [1.165, 1.54) is 0 Å². The summed E-state index contributed by atoms with van der Waals surface area (Å²) in [6.45, 7) is 1.86. The van der Waals surface area contributed by atoms with E-state index in [1.54, 1.807) is 12.1 Å². The Kier molecular flexibility index (Phi) is 4.25. The predicted molar refractivity (Wildman–Crippen MR) is 97.4 cm³/mol. The molecular weight excluding hydrogens is 374 g/mol. The Hall–Kier alpha value is -2.09. The highest BCUT2D eigenvalue weighted by Gasteiger charge is 2.43. The van der Waals surface area contributed by atoms with E-state index in [0.29, 0.717) is 4.47 Å². The molecule has 1 saturated carbocycles. The second-order valence-corrected chi connectivity index (χ2v) is 7.10. The quantitative estimate of drug-likeness (QED) is 0.713. The summed E-state index contributed by atoms with van der Waals surface area (Å²) in [7, 11) is 0. The van der Waals surface area contributed by atoms with Crippen LogP contribution in [0.1, 0.15) is 48.0 Å². The lowest BCUT2D eigenvalue weighted by Crippen LogP contribution is -2.58. The highest BCUT2D eigenvalue weighted by atomic mass is 79.9. The van der Waals surface area contributed by atoms with Crippen molar-refractivity contribution in [3.05, 3.63) is 27.7 Å². The molecule has 5 N–H and O–H groups in total. The molecule has 8 heteroatoms. The van der Waals surface area contributed by atoms with Crippen LogP contribution in [-0.2, 0) is 0 Å². The van der Waals surface area contributed by atoms with Gasteiger partial charge in [-0.25, -0.2) is 9.79 Å². The van der Waals surface area contributed by atoms with Crippen molar-refractivity contribution >= 4 is 39.5 Å². The van der Waals surface area contributed by atoms with Gasteiger partial charge in [-0.2, -0.15) is 4.99 Å². The number of aromatic carboxylic acids is 1. The van der Waals surface area contributed by atoms with Crippen LogP contribution in [0, 0.1) is 6.92 Å². The number of benzene rings is 1. The van der Waals surface area contributed by atoms with Gasteiger partial charge in [0.25, 0.3) is 0 Å². The predicted octanol–water partition coefficient (Wildman–Crippen LogP) is 2.57. The van der Waals surface area contributed by atoms with Crippen LogP contribution in [0.4, 0.5) is 5.69 Å². The zero-order chi connectivity index (χ0) is 17.5. The molecular formula is C16H20BrN5O2. The number of halogens is 1. The Balaban J connectivity index is 2.16. The van der Waals surface area contributed by atoms with Gasteiger partial charge in [0, 0.05) is 4.47 Å². The first kappa shape index (κ1) is 16.8. The third-order valence-corrected chi connectivity index (χ3v) is 5.18. The van der Waals surface area contributed by atoms with Gasteiger partial charge in [0.1, 0.15) is 5.66 Å². The zero-order valence-electron chi connectivity index (χ0n) is 13.4. The number of rotatable bonds is 2. The van der Waals surface area contributed by atoms with Crippen LogP contribution in [0.15, 0.2) is 26.6 Å². The van der Waals surface area contributed by atoms with Gasteiger partial charge in [-0.1, -0.05) is 6.42 Å². The number of nitrogens with zero attached hydrogens (tertiary/aromatic N) is 3. The van der Waals surface area contributed by atoms with E-state index in [4.69, 9.17) is 11.5 Å². The van der Waals surface area contributed by atoms with Crippen molar-refractivity contribution < 1.29 is 9.90 Å². The maximum atomic E-state index is 11.3. The first-order chi connectivity index (χ1) is 11.3. The maximum Gasteiger partial charge on any atom is 0.335 e. The number of carboxylic acid groups (broad SMARTS) is 1. The molecule has 0 atom stereocenters. The van der Waals surface area contributed by atoms with Crippen LogP contribution < -0.4 is 16.4 Å². The summed E-state index contributed by atoms with van der Waals surface area (Å²) >= 11 is 3.50. The highest BCUT2D eigenvalue weighted by Crippen LogP contribution is 2.43. The molecule has 3 rings (SSSR count). The number of aryl methyl sites for hydroxylation is 1. The number of anilines is 1. The summed E-state index contributed by atoms with van der Waals surface area (Å²) in [6.07, 6.45) is 4.88. The van der Waals surface area contributed by atoms with Crippen molar-refractivity contribution in [2.24, 2.45) is 21.5 Å². The summed E-state index contributed by atoms with van der Waals surface area (Å²) < 4.78 is 0.652. The van der Waals surface area contributed by atoms with Gasteiger partial charge in [0.05, 0.1) is 11.3 Å². The molecule has 24 heavy (non-hydrogen) atoms. The topological polar surface area (TPSA) is 117 Å². The molecule has 1 aliphatic heterocycles. The van der Waals surface area contributed by atoms with Crippen LogP contribution in [0.3, 0.4) is 0 Å². The molecule has 1 aromatic carbocycles. The Morgan fingerprint density at radius 3 is 2.54 bits per heavy atom. The smallest absolute Gasteiger partial charge is 0.335 e. The van der Waals surface area contributed by atoms with Gasteiger partial charge in [0.2, 0.25) is 11.9 Å². The number of carbonyl (C=O) groups is 1. The number of carboxylic acids is 1. The summed E-state index contributed by atoms with van der Waals surface area (Å²) in [5.41, 5.74) is 13.4. The SMILES string of the molecule is Cc1cc(C(=O)O)cc(Br)c1N1C(N)=NC(N)=NC12CCCCC2. The maximum absolute atomic E-state index is 11.3. The van der Waals surface area contributed by atoms with Crippen LogP contribution in [-0.4, -0.2) is 28.7 Å². The van der Waals surface area contributed by atoms with Gasteiger partial charge in [-0.3, -0.25) is 4.90 Å². The van der Waals surface area contributed by atoms with Crippen LogP contribution >= 0.6 is 15.9 Å². The van der Waals surface area contributed by atoms with Crippen molar-refractivity contribution in [2.75, 3.05) is 4.90 Å². The molecule has 7 nitrogen and oxygen atoms in total. The van der Waals surface area contributed by atoms with E-state index < -0.39 is 11.6 Å². The number of hydrogen-bond donors (Lipinski definition) is 3. The highest BCUT2D eigenvalue weighted by molar-refractivity contribution is 9.10. The van der Waals surface area contributed by atoms with E-state index in [2.05, 4.69) is 25.9 Å². The average molecular weight is 394 g/mol. The molecule has 0 aromatic heterocycles. The molecule has 1 aliphatic carbocycles. The number of nitrogens with two attached hydrogens (primary N) is 2. The lowest BCUT2D eigenvalue weighted by atomic mass is 9.87. The Morgan fingerprint density at radius 2 is 1.96 bits per heavy atom. The van der Waals surface area contributed by atoms with E-state index in [1.807, 2.05) is 11.8 Å². The zero-order valence-corrected chi connectivity index (χ0v) is 15.0. The Morgan fingerprint density at radius 1 is 1.29 bits per heavy atom. The number of hydrogen-bond acceptors (Lipinski definition) is 6. The first-order valence-corrected chi connectivity index (χ1v) is 8.66. The molecule has 1 aromatic rings. The standard InChI is InChI=1S/C16H20BrN5O2/c1-9-7-10(13(23)24)8-11(17)12(9)22-15(19)20-14(18)21-16(22)5-3-2-4-6-16/h7-8H,2-6H2,1H3,(H,23,24)(H4,18,19,20,21). The van der Waals surface area contributed by atoms with Gasteiger partial charge in [0.15, 0.2) is 0 Å². The second kappa shape index (κ2) is 6.08. The largest absolute Gasteiger partial charge is 0.478 e. The van der Waals surface area contributed by atoms with Crippen molar-refractivity contribution in [3.63, 3.8) is 0 Å². The van der Waals surface area contributed by atoms with Gasteiger partial charge >= 0.3 is 5.97 Å². The van der Waals surface area contributed by atoms with E-state index in [0.717, 1.165) is 43.4 Å². The molecule has 128 valence electrons. The van der Waals surface area contributed by atoms with Gasteiger partial charge in [-0.05, 0) is 66.2 Å². The fourth-order valence-corrected chi connectivity index (χ4v) is 4.32. The molecule has 1 fully saturated rings. The Bertz CT molecular complexity index is 730. The molecule has 2 aliphatic rings. The van der Waals surface area contributed by atoms with Crippen LogP contribution in [0.2, 0.25) is 0 Å². The summed E-state index contributed by atoms with van der Waals surface area (Å²) in [5.74, 6) is -0.488. The molecule has 1 spiro atoms. The van der Waals surface area contributed by atoms with Crippen LogP contribution in [0.25, 0.3) is 0 Å². The number of guanidine groups is 2. The van der Waals surface area contributed by atoms with E-state index >= 15 is 0 Å². The lowest BCUT2D eigenvalue weighted by molar-refractivity contribution is 0.0696. The minimum absolute atomic E-state index is 0.196. The number of aliphatic imine (C=N–C) groups is 2. The molecule has 0 amide bonds. The van der Waals surface area contributed by atoms with Crippen molar-refractivity contribution in [3.8, 4) is 0 Å². The van der Waals surface area contributed by atoms with Crippen molar-refractivity contribution in [2.45, 2.75) is 44.7 Å². The molecule has 0 radical (unpaired) electrons. The second-order valence-electron chi connectivity index (χ2n) is 6.25. The summed E-state index contributed by atoms with van der Waals surface area (Å²) in [4.78, 5) is 22.0. The monoisotopic (exact) mass is 393 g/mol. The fraction of sp³-hybridized carbons (Fsp3) is 0.438. The summed E-state index contributed by atoms with van der Waals surface area (Å²) in [6, 6.07) is 3.21. The fourth-order valence-electron chi connectivity index (χ4n) is 3.59. The summed E-state index contributed by atoms with van der Waals surface area (Å²) in [5, 5.41) is 9.24. The normalized spacial score (nSPS) is 19.8. The average Bonchev–Trinajstić information content (AvgIpc) is 2.49. The molecule has 1 heterocycles. The minimum Gasteiger partial charge on any atom is -0.478 e. The third kappa shape index (κ3) is 2.75.